The van der Waals surface area contributed by atoms with E-state index in [0.717, 1.165) is 13.0 Å². The van der Waals surface area contributed by atoms with Crippen LogP contribution in [0.25, 0.3) is 0 Å². The highest BCUT2D eigenvalue weighted by Crippen LogP contribution is 2.18. The first-order valence-corrected chi connectivity index (χ1v) is 7.16. The van der Waals surface area contributed by atoms with Gasteiger partial charge in [-0.25, -0.2) is 4.79 Å². The van der Waals surface area contributed by atoms with Crippen LogP contribution in [0.15, 0.2) is 0 Å². The van der Waals surface area contributed by atoms with Gasteiger partial charge in [-0.2, -0.15) is 0 Å². The molecule has 1 aliphatic heterocycles. The number of alkyl carbamates (subject to hydrolysis) is 1. The Morgan fingerprint density at radius 2 is 2.00 bits per heavy atom. The Labute approximate surface area is 120 Å². The lowest BCUT2D eigenvalue weighted by molar-refractivity contribution is -0.144. The van der Waals surface area contributed by atoms with Crippen LogP contribution in [-0.4, -0.2) is 53.3 Å². The fourth-order valence-electron chi connectivity index (χ4n) is 2.45. The lowest BCUT2D eigenvalue weighted by Crippen LogP contribution is -2.53. The third-order valence-corrected chi connectivity index (χ3v) is 3.14. The molecule has 1 heterocycles. The van der Waals surface area contributed by atoms with Crippen molar-refractivity contribution in [1.82, 2.24) is 10.2 Å². The molecule has 0 aromatic heterocycles. The molecule has 1 fully saturated rings. The van der Waals surface area contributed by atoms with Gasteiger partial charge in [-0.1, -0.05) is 6.92 Å². The topological polar surface area (TPSA) is 78.9 Å². The molecule has 0 aromatic rings. The monoisotopic (exact) mass is 286 g/mol. The fraction of sp³-hybridized carbons (Fsp3) is 0.857. The number of nitrogens with one attached hydrogen (secondary N) is 1. The number of hydrogen-bond donors (Lipinski definition) is 2. The highest BCUT2D eigenvalue weighted by molar-refractivity contribution is 5.71. The molecule has 2 atom stereocenters. The van der Waals surface area contributed by atoms with E-state index in [9.17, 15) is 14.7 Å². The SMILES string of the molecule is CCCN1CC(NC(=O)OC(C)(C)C)CC(C(=O)O)C1. The highest BCUT2D eigenvalue weighted by Gasteiger charge is 2.32. The zero-order chi connectivity index (χ0) is 15.3. The van der Waals surface area contributed by atoms with Crippen LogP contribution >= 0.6 is 0 Å². The quantitative estimate of drug-likeness (QED) is 0.822. The summed E-state index contributed by atoms with van der Waals surface area (Å²) in [6.07, 6.45) is 0.935. The van der Waals surface area contributed by atoms with Crippen LogP contribution < -0.4 is 5.32 Å². The van der Waals surface area contributed by atoms with E-state index >= 15 is 0 Å². The average molecular weight is 286 g/mol. The molecule has 116 valence electrons. The summed E-state index contributed by atoms with van der Waals surface area (Å²) < 4.78 is 5.22. The number of ether oxygens (including phenoxy) is 1. The van der Waals surface area contributed by atoms with E-state index in [1.165, 1.54) is 0 Å². The summed E-state index contributed by atoms with van der Waals surface area (Å²) in [7, 11) is 0. The Balaban J connectivity index is 2.58. The summed E-state index contributed by atoms with van der Waals surface area (Å²) in [5.41, 5.74) is -0.548. The first-order chi connectivity index (χ1) is 9.21. The minimum Gasteiger partial charge on any atom is -0.481 e. The molecule has 0 radical (unpaired) electrons. The number of hydrogen-bond acceptors (Lipinski definition) is 4. The van der Waals surface area contributed by atoms with E-state index in [1.54, 1.807) is 20.8 Å². The normalized spacial score (nSPS) is 24.2. The van der Waals surface area contributed by atoms with E-state index in [2.05, 4.69) is 17.1 Å². The summed E-state index contributed by atoms with van der Waals surface area (Å²) in [5.74, 6) is -1.24. The minimum atomic E-state index is -0.804. The van der Waals surface area contributed by atoms with Gasteiger partial charge in [0.15, 0.2) is 0 Å². The van der Waals surface area contributed by atoms with E-state index in [-0.39, 0.29) is 6.04 Å². The summed E-state index contributed by atoms with van der Waals surface area (Å²) in [4.78, 5) is 25.0. The van der Waals surface area contributed by atoms with Gasteiger partial charge in [0, 0.05) is 19.1 Å². The highest BCUT2D eigenvalue weighted by atomic mass is 16.6. The smallest absolute Gasteiger partial charge is 0.407 e. The number of piperidine rings is 1. The standard InChI is InChI=1S/C14H26N2O4/c1-5-6-16-8-10(12(17)18)7-11(9-16)15-13(19)20-14(2,3)4/h10-11H,5-9H2,1-4H3,(H,15,19)(H,17,18). The Morgan fingerprint density at radius 1 is 1.35 bits per heavy atom. The second kappa shape index (κ2) is 6.92. The molecule has 1 rings (SSSR count). The maximum atomic E-state index is 11.8. The molecule has 2 N–H and O–H groups in total. The average Bonchev–Trinajstić information content (AvgIpc) is 2.26. The van der Waals surface area contributed by atoms with Crippen molar-refractivity contribution in [2.24, 2.45) is 5.92 Å². The fourth-order valence-corrected chi connectivity index (χ4v) is 2.45. The Kier molecular flexibility index (Phi) is 5.80. The Hall–Kier alpha value is -1.30. The molecule has 0 spiro atoms. The van der Waals surface area contributed by atoms with Crippen LogP contribution in [0, 0.1) is 5.92 Å². The largest absolute Gasteiger partial charge is 0.481 e. The van der Waals surface area contributed by atoms with Crippen LogP contribution in [-0.2, 0) is 9.53 Å². The van der Waals surface area contributed by atoms with Crippen molar-refractivity contribution >= 4 is 12.1 Å². The first-order valence-electron chi connectivity index (χ1n) is 7.16. The molecule has 0 aliphatic carbocycles. The molecule has 0 bridgehead atoms. The lowest BCUT2D eigenvalue weighted by Gasteiger charge is -2.36. The predicted molar refractivity (Wildman–Crippen MR) is 75.6 cm³/mol. The van der Waals surface area contributed by atoms with Crippen LogP contribution in [0.2, 0.25) is 0 Å². The summed E-state index contributed by atoms with van der Waals surface area (Å²) in [6, 6.07) is -0.175. The number of likely N-dealkylation sites (tertiary alicyclic amines) is 1. The first kappa shape index (κ1) is 16.8. The minimum absolute atomic E-state index is 0.175. The summed E-state index contributed by atoms with van der Waals surface area (Å²) in [6.45, 7) is 9.54. The number of nitrogens with zero attached hydrogens (tertiary/aromatic N) is 1. The van der Waals surface area contributed by atoms with Crippen LogP contribution in [0.4, 0.5) is 4.79 Å². The zero-order valence-corrected chi connectivity index (χ0v) is 12.8. The second-order valence-corrected chi connectivity index (χ2v) is 6.37. The van der Waals surface area contributed by atoms with Gasteiger partial charge >= 0.3 is 12.1 Å². The molecule has 0 saturated carbocycles. The van der Waals surface area contributed by atoms with Gasteiger partial charge in [0.1, 0.15) is 5.60 Å². The maximum absolute atomic E-state index is 11.8. The van der Waals surface area contributed by atoms with E-state index in [0.29, 0.717) is 19.5 Å². The van der Waals surface area contributed by atoms with Crippen molar-refractivity contribution in [2.45, 2.75) is 52.2 Å². The van der Waals surface area contributed by atoms with Crippen molar-refractivity contribution in [3.8, 4) is 0 Å². The Morgan fingerprint density at radius 3 is 2.50 bits per heavy atom. The molecular weight excluding hydrogens is 260 g/mol. The van der Waals surface area contributed by atoms with Crippen molar-refractivity contribution in [1.29, 1.82) is 0 Å². The van der Waals surface area contributed by atoms with Crippen molar-refractivity contribution in [2.75, 3.05) is 19.6 Å². The molecule has 6 heteroatoms. The molecular formula is C14H26N2O4. The number of amides is 1. The number of carboxylic acid groups (broad SMARTS) is 1. The van der Waals surface area contributed by atoms with E-state index in [4.69, 9.17) is 4.74 Å². The van der Waals surface area contributed by atoms with Crippen molar-refractivity contribution in [3.05, 3.63) is 0 Å². The van der Waals surface area contributed by atoms with Gasteiger partial charge in [0.05, 0.1) is 5.92 Å². The van der Waals surface area contributed by atoms with Gasteiger partial charge in [-0.3, -0.25) is 4.79 Å². The van der Waals surface area contributed by atoms with E-state index < -0.39 is 23.6 Å². The molecule has 6 nitrogen and oxygen atoms in total. The second-order valence-electron chi connectivity index (χ2n) is 6.37. The van der Waals surface area contributed by atoms with Crippen molar-refractivity contribution in [3.63, 3.8) is 0 Å². The summed E-state index contributed by atoms with van der Waals surface area (Å²) in [5, 5.41) is 12.0. The molecule has 20 heavy (non-hydrogen) atoms. The third-order valence-electron chi connectivity index (χ3n) is 3.14. The van der Waals surface area contributed by atoms with Crippen LogP contribution in [0.3, 0.4) is 0 Å². The molecule has 2 unspecified atom stereocenters. The van der Waals surface area contributed by atoms with Gasteiger partial charge < -0.3 is 20.1 Å². The van der Waals surface area contributed by atoms with Gasteiger partial charge in [-0.05, 0) is 40.2 Å². The number of carboxylic acids is 1. The number of rotatable bonds is 4. The molecule has 1 saturated heterocycles. The number of carbonyl (C=O) groups is 2. The van der Waals surface area contributed by atoms with Crippen LogP contribution in [0.1, 0.15) is 40.5 Å². The van der Waals surface area contributed by atoms with Gasteiger partial charge in [-0.15, -0.1) is 0 Å². The lowest BCUT2D eigenvalue weighted by atomic mass is 9.94. The maximum Gasteiger partial charge on any atom is 0.407 e. The van der Waals surface area contributed by atoms with Crippen molar-refractivity contribution < 1.29 is 19.4 Å². The molecule has 0 aromatic carbocycles. The van der Waals surface area contributed by atoms with Crippen LogP contribution in [0.5, 0.6) is 0 Å². The number of aliphatic carboxylic acids is 1. The van der Waals surface area contributed by atoms with Gasteiger partial charge in [0.2, 0.25) is 0 Å². The zero-order valence-electron chi connectivity index (χ0n) is 12.8. The Bertz CT molecular complexity index is 352. The number of carbonyl (C=O) groups excluding carboxylic acids is 1. The summed E-state index contributed by atoms with van der Waals surface area (Å²) >= 11 is 0. The molecule has 1 aliphatic rings. The molecule has 1 amide bonds. The predicted octanol–water partition coefficient (Wildman–Crippen LogP) is 1.70. The van der Waals surface area contributed by atoms with Gasteiger partial charge in [0.25, 0.3) is 0 Å². The van der Waals surface area contributed by atoms with E-state index in [1.807, 2.05) is 0 Å². The third kappa shape index (κ3) is 5.77.